The van der Waals surface area contributed by atoms with E-state index in [2.05, 4.69) is 56.2 Å². The van der Waals surface area contributed by atoms with Crippen LogP contribution in [-0.4, -0.2) is 84.8 Å². The van der Waals surface area contributed by atoms with Gasteiger partial charge in [0, 0.05) is 44.8 Å². The SMILES string of the molecule is CC(C)[C@H](C)OC1CN(CCCN2CCN(C(C)(C)C)CC2)C1. The Labute approximate surface area is 144 Å². The van der Waals surface area contributed by atoms with Gasteiger partial charge in [0.25, 0.3) is 0 Å². The van der Waals surface area contributed by atoms with Crippen LogP contribution >= 0.6 is 0 Å². The van der Waals surface area contributed by atoms with Gasteiger partial charge in [-0.2, -0.15) is 0 Å². The molecule has 4 nitrogen and oxygen atoms in total. The number of hydrogen-bond donors (Lipinski definition) is 0. The Morgan fingerprint density at radius 1 is 0.913 bits per heavy atom. The van der Waals surface area contributed by atoms with Crippen molar-refractivity contribution in [3.05, 3.63) is 0 Å². The average Bonchev–Trinajstić information content (AvgIpc) is 2.43. The second-order valence-corrected chi connectivity index (χ2v) is 8.82. The van der Waals surface area contributed by atoms with Crippen molar-refractivity contribution in [3.8, 4) is 0 Å². The summed E-state index contributed by atoms with van der Waals surface area (Å²) in [5, 5.41) is 0. The van der Waals surface area contributed by atoms with Crippen molar-refractivity contribution in [2.45, 2.75) is 65.7 Å². The first-order valence-electron chi connectivity index (χ1n) is 9.61. The molecule has 0 aromatic rings. The van der Waals surface area contributed by atoms with Crippen LogP contribution in [0.4, 0.5) is 0 Å². The predicted octanol–water partition coefficient (Wildman–Crippen LogP) is 2.54. The Morgan fingerprint density at radius 2 is 1.48 bits per heavy atom. The van der Waals surface area contributed by atoms with Gasteiger partial charge in [-0.05, 0) is 53.1 Å². The van der Waals surface area contributed by atoms with E-state index in [0.29, 0.717) is 23.7 Å². The van der Waals surface area contributed by atoms with E-state index < -0.39 is 0 Å². The molecule has 0 aliphatic carbocycles. The molecule has 0 aromatic carbocycles. The molecule has 2 heterocycles. The molecule has 2 aliphatic heterocycles. The summed E-state index contributed by atoms with van der Waals surface area (Å²) >= 11 is 0. The molecule has 0 amide bonds. The lowest BCUT2D eigenvalue weighted by Crippen LogP contribution is -2.55. The predicted molar refractivity (Wildman–Crippen MR) is 98.0 cm³/mol. The first-order valence-corrected chi connectivity index (χ1v) is 9.61. The number of likely N-dealkylation sites (tertiary alicyclic amines) is 1. The summed E-state index contributed by atoms with van der Waals surface area (Å²) in [6.45, 7) is 23.3. The van der Waals surface area contributed by atoms with E-state index in [9.17, 15) is 0 Å². The van der Waals surface area contributed by atoms with Gasteiger partial charge in [-0.15, -0.1) is 0 Å². The van der Waals surface area contributed by atoms with Crippen molar-refractivity contribution >= 4 is 0 Å². The molecule has 2 fully saturated rings. The van der Waals surface area contributed by atoms with Crippen LogP contribution in [0.3, 0.4) is 0 Å². The van der Waals surface area contributed by atoms with E-state index >= 15 is 0 Å². The molecule has 136 valence electrons. The first-order chi connectivity index (χ1) is 10.8. The van der Waals surface area contributed by atoms with Crippen LogP contribution < -0.4 is 0 Å². The zero-order valence-electron chi connectivity index (χ0n) is 16.3. The van der Waals surface area contributed by atoms with Crippen LogP contribution in [0, 0.1) is 5.92 Å². The lowest BCUT2D eigenvalue weighted by atomic mass is 10.0. The van der Waals surface area contributed by atoms with Gasteiger partial charge in [-0.3, -0.25) is 9.80 Å². The van der Waals surface area contributed by atoms with E-state index in [1.807, 2.05) is 0 Å². The molecule has 0 spiro atoms. The quantitative estimate of drug-likeness (QED) is 0.716. The van der Waals surface area contributed by atoms with Gasteiger partial charge in [0.15, 0.2) is 0 Å². The summed E-state index contributed by atoms with van der Waals surface area (Å²) in [6, 6.07) is 0. The lowest BCUT2D eigenvalue weighted by molar-refractivity contribution is -0.0994. The van der Waals surface area contributed by atoms with Crippen LogP contribution in [0.5, 0.6) is 0 Å². The van der Waals surface area contributed by atoms with Crippen LogP contribution in [0.15, 0.2) is 0 Å². The number of rotatable bonds is 7. The third kappa shape index (κ3) is 6.00. The molecule has 4 heteroatoms. The third-order valence-electron chi connectivity index (χ3n) is 5.54. The fraction of sp³-hybridized carbons (Fsp3) is 1.00. The average molecular weight is 326 g/mol. The van der Waals surface area contributed by atoms with Crippen molar-refractivity contribution in [1.29, 1.82) is 0 Å². The topological polar surface area (TPSA) is 19.0 Å². The third-order valence-corrected chi connectivity index (χ3v) is 5.54. The summed E-state index contributed by atoms with van der Waals surface area (Å²) < 4.78 is 6.06. The maximum atomic E-state index is 6.06. The van der Waals surface area contributed by atoms with Crippen molar-refractivity contribution in [2.24, 2.45) is 5.92 Å². The zero-order valence-corrected chi connectivity index (χ0v) is 16.3. The Kier molecular flexibility index (Phi) is 6.90. The highest BCUT2D eigenvalue weighted by molar-refractivity contribution is 4.84. The largest absolute Gasteiger partial charge is 0.372 e. The van der Waals surface area contributed by atoms with Crippen molar-refractivity contribution in [3.63, 3.8) is 0 Å². The Morgan fingerprint density at radius 3 is 2.00 bits per heavy atom. The minimum atomic E-state index is 0.325. The highest BCUT2D eigenvalue weighted by Crippen LogP contribution is 2.18. The maximum absolute atomic E-state index is 6.06. The maximum Gasteiger partial charge on any atom is 0.0832 e. The molecule has 0 aromatic heterocycles. The Bertz CT molecular complexity index is 339. The highest BCUT2D eigenvalue weighted by Gasteiger charge is 2.29. The fourth-order valence-electron chi connectivity index (χ4n) is 3.41. The lowest BCUT2D eigenvalue weighted by Gasteiger charge is -2.43. The molecule has 2 aliphatic rings. The molecule has 23 heavy (non-hydrogen) atoms. The van der Waals surface area contributed by atoms with Crippen molar-refractivity contribution < 1.29 is 4.74 Å². The van der Waals surface area contributed by atoms with Gasteiger partial charge in [0.2, 0.25) is 0 Å². The van der Waals surface area contributed by atoms with E-state index in [-0.39, 0.29) is 0 Å². The molecular formula is C19H39N3O. The van der Waals surface area contributed by atoms with E-state index in [1.54, 1.807) is 0 Å². The smallest absolute Gasteiger partial charge is 0.0832 e. The number of nitrogens with zero attached hydrogens (tertiary/aromatic N) is 3. The van der Waals surface area contributed by atoms with E-state index in [0.717, 1.165) is 13.1 Å². The van der Waals surface area contributed by atoms with Gasteiger partial charge in [0.05, 0.1) is 12.2 Å². The minimum absolute atomic E-state index is 0.325. The highest BCUT2D eigenvalue weighted by atomic mass is 16.5. The van der Waals surface area contributed by atoms with E-state index in [1.165, 1.54) is 45.7 Å². The zero-order chi connectivity index (χ0) is 17.0. The fourth-order valence-corrected chi connectivity index (χ4v) is 3.41. The summed E-state index contributed by atoms with van der Waals surface area (Å²) in [6.07, 6.45) is 2.16. The molecule has 2 saturated heterocycles. The van der Waals surface area contributed by atoms with Gasteiger partial charge >= 0.3 is 0 Å². The molecule has 0 unspecified atom stereocenters. The number of piperazine rings is 1. The summed E-state index contributed by atoms with van der Waals surface area (Å²) in [4.78, 5) is 7.79. The number of ether oxygens (including phenoxy) is 1. The molecule has 0 N–H and O–H groups in total. The molecule has 0 saturated carbocycles. The molecule has 2 rings (SSSR count). The molecular weight excluding hydrogens is 286 g/mol. The summed E-state index contributed by atoms with van der Waals surface area (Å²) in [5.41, 5.74) is 0.325. The van der Waals surface area contributed by atoms with E-state index in [4.69, 9.17) is 4.74 Å². The second kappa shape index (κ2) is 8.28. The summed E-state index contributed by atoms with van der Waals surface area (Å²) in [7, 11) is 0. The van der Waals surface area contributed by atoms with Crippen LogP contribution in [-0.2, 0) is 4.74 Å². The Balaban J connectivity index is 1.51. The van der Waals surface area contributed by atoms with Crippen molar-refractivity contribution in [1.82, 2.24) is 14.7 Å². The van der Waals surface area contributed by atoms with Gasteiger partial charge in [0.1, 0.15) is 0 Å². The first kappa shape index (κ1) is 19.2. The van der Waals surface area contributed by atoms with Gasteiger partial charge < -0.3 is 9.64 Å². The van der Waals surface area contributed by atoms with Crippen LogP contribution in [0.2, 0.25) is 0 Å². The van der Waals surface area contributed by atoms with Crippen LogP contribution in [0.1, 0.15) is 48.0 Å². The second-order valence-electron chi connectivity index (χ2n) is 8.82. The normalized spacial score (nSPS) is 24.1. The molecule has 0 radical (unpaired) electrons. The van der Waals surface area contributed by atoms with Gasteiger partial charge in [-0.1, -0.05) is 13.8 Å². The standard InChI is InChI=1S/C19H39N3O/c1-16(2)17(3)23-18-14-21(15-18)9-7-8-20-10-12-22(13-11-20)19(4,5)6/h16-18H,7-15H2,1-6H3/t17-/m0/s1. The van der Waals surface area contributed by atoms with Crippen molar-refractivity contribution in [2.75, 3.05) is 52.4 Å². The number of hydrogen-bond acceptors (Lipinski definition) is 4. The Hall–Kier alpha value is -0.160. The van der Waals surface area contributed by atoms with Gasteiger partial charge in [-0.25, -0.2) is 0 Å². The van der Waals surface area contributed by atoms with Crippen LogP contribution in [0.25, 0.3) is 0 Å². The molecule has 0 bridgehead atoms. The summed E-state index contributed by atoms with van der Waals surface area (Å²) in [5.74, 6) is 0.621. The minimum Gasteiger partial charge on any atom is -0.372 e. The monoisotopic (exact) mass is 325 g/mol. The molecule has 1 atom stereocenters.